The number of carbonyl (C=O) groups excluding carboxylic acids is 1. The van der Waals surface area contributed by atoms with Gasteiger partial charge in [0.15, 0.2) is 0 Å². The Morgan fingerprint density at radius 1 is 1.50 bits per heavy atom. The minimum absolute atomic E-state index is 0.0619. The van der Waals surface area contributed by atoms with Gasteiger partial charge in [0, 0.05) is 24.2 Å². The predicted octanol–water partition coefficient (Wildman–Crippen LogP) is 3.80. The van der Waals surface area contributed by atoms with Gasteiger partial charge in [0.05, 0.1) is 22.0 Å². The van der Waals surface area contributed by atoms with Crippen LogP contribution in [0.1, 0.15) is 34.9 Å². The second-order valence-electron chi connectivity index (χ2n) is 5.78. The number of thiazole rings is 1. The Balaban J connectivity index is 2.47. The number of hydrogen-bond acceptors (Lipinski definition) is 3. The van der Waals surface area contributed by atoms with Gasteiger partial charge in [-0.2, -0.15) is 0 Å². The molecule has 0 bridgehead atoms. The molecule has 0 aliphatic carbocycles. The summed E-state index contributed by atoms with van der Waals surface area (Å²) >= 11 is 1.63. The van der Waals surface area contributed by atoms with Gasteiger partial charge in [-0.1, -0.05) is 19.9 Å². The molecule has 0 unspecified atom stereocenters. The van der Waals surface area contributed by atoms with E-state index in [0.717, 1.165) is 28.6 Å². The molecule has 2 rings (SSSR count). The normalized spacial score (nSPS) is 11.0. The largest absolute Gasteiger partial charge is 0.349 e. The third-order valence-corrected chi connectivity index (χ3v) is 4.22. The molecule has 0 fully saturated rings. The van der Waals surface area contributed by atoms with Crippen LogP contribution in [0.2, 0.25) is 0 Å². The quantitative estimate of drug-likeness (QED) is 0.824. The first-order valence-electron chi connectivity index (χ1n) is 7.45. The fourth-order valence-electron chi connectivity index (χ4n) is 2.43. The molecule has 1 N–H and O–H groups in total. The monoisotopic (exact) mass is 317 g/mol. The SMILES string of the molecule is C=CCNC(=O)c1cc(-c2csc(C)n2)n(CC(C)C)c1C. The fourth-order valence-corrected chi connectivity index (χ4v) is 3.04. The van der Waals surface area contributed by atoms with E-state index in [1.807, 2.05) is 25.3 Å². The first-order valence-corrected chi connectivity index (χ1v) is 8.33. The van der Waals surface area contributed by atoms with Gasteiger partial charge < -0.3 is 9.88 Å². The maximum absolute atomic E-state index is 12.3. The van der Waals surface area contributed by atoms with Crippen LogP contribution in [0, 0.1) is 19.8 Å². The van der Waals surface area contributed by atoms with Crippen molar-refractivity contribution in [1.29, 1.82) is 0 Å². The lowest BCUT2D eigenvalue weighted by Crippen LogP contribution is -2.23. The van der Waals surface area contributed by atoms with Crippen LogP contribution in [-0.2, 0) is 6.54 Å². The smallest absolute Gasteiger partial charge is 0.253 e. The summed E-state index contributed by atoms with van der Waals surface area (Å²) in [5.41, 5.74) is 3.65. The maximum Gasteiger partial charge on any atom is 0.253 e. The summed E-state index contributed by atoms with van der Waals surface area (Å²) in [6, 6.07) is 1.95. The van der Waals surface area contributed by atoms with Crippen molar-refractivity contribution in [3.05, 3.63) is 40.4 Å². The summed E-state index contributed by atoms with van der Waals surface area (Å²) in [5.74, 6) is 0.432. The second-order valence-corrected chi connectivity index (χ2v) is 6.85. The van der Waals surface area contributed by atoms with Gasteiger partial charge in [-0.25, -0.2) is 4.98 Å². The predicted molar refractivity (Wildman–Crippen MR) is 92.4 cm³/mol. The van der Waals surface area contributed by atoms with E-state index in [2.05, 4.69) is 35.3 Å². The minimum Gasteiger partial charge on any atom is -0.349 e. The number of amides is 1. The Bertz CT molecular complexity index is 682. The van der Waals surface area contributed by atoms with Crippen molar-refractivity contribution in [1.82, 2.24) is 14.9 Å². The summed E-state index contributed by atoms with van der Waals surface area (Å²) < 4.78 is 2.20. The molecule has 2 aromatic rings. The van der Waals surface area contributed by atoms with E-state index < -0.39 is 0 Å². The molecule has 0 saturated carbocycles. The fraction of sp³-hybridized carbons (Fsp3) is 0.412. The van der Waals surface area contributed by atoms with Gasteiger partial charge in [-0.05, 0) is 25.8 Å². The van der Waals surface area contributed by atoms with Crippen molar-refractivity contribution in [2.75, 3.05) is 6.54 Å². The zero-order valence-corrected chi connectivity index (χ0v) is 14.5. The Hall–Kier alpha value is -1.88. The lowest BCUT2D eigenvalue weighted by atomic mass is 10.2. The summed E-state index contributed by atoms with van der Waals surface area (Å²) in [6.45, 7) is 13.3. The Kier molecular flexibility index (Phi) is 5.19. The number of aromatic nitrogens is 2. The third-order valence-electron chi connectivity index (χ3n) is 3.45. The highest BCUT2D eigenvalue weighted by molar-refractivity contribution is 7.09. The second kappa shape index (κ2) is 6.92. The molecule has 0 aliphatic heterocycles. The first kappa shape index (κ1) is 16.5. The standard InChI is InChI=1S/C17H23N3OS/c1-6-7-18-17(21)14-8-16(15-10-22-13(5)19-15)20(12(14)4)9-11(2)3/h6,8,10-11H,1,7,9H2,2-5H3,(H,18,21). The molecule has 0 aromatic carbocycles. The van der Waals surface area contributed by atoms with Crippen LogP contribution in [0.25, 0.3) is 11.4 Å². The van der Waals surface area contributed by atoms with Crippen LogP contribution < -0.4 is 5.32 Å². The van der Waals surface area contributed by atoms with Crippen LogP contribution in [0.15, 0.2) is 24.1 Å². The third kappa shape index (κ3) is 3.47. The molecule has 4 nitrogen and oxygen atoms in total. The van der Waals surface area contributed by atoms with E-state index >= 15 is 0 Å². The molecule has 118 valence electrons. The molecule has 2 aromatic heterocycles. The van der Waals surface area contributed by atoms with Crippen LogP contribution >= 0.6 is 11.3 Å². The van der Waals surface area contributed by atoms with Gasteiger partial charge in [0.25, 0.3) is 5.91 Å². The Labute approximate surface area is 135 Å². The highest BCUT2D eigenvalue weighted by atomic mass is 32.1. The van der Waals surface area contributed by atoms with E-state index in [0.29, 0.717) is 18.0 Å². The number of aryl methyl sites for hydroxylation is 1. The van der Waals surface area contributed by atoms with Crippen LogP contribution in [0.4, 0.5) is 0 Å². The number of carbonyl (C=O) groups is 1. The number of nitrogens with one attached hydrogen (secondary N) is 1. The first-order chi connectivity index (χ1) is 10.4. The van der Waals surface area contributed by atoms with Crippen molar-refractivity contribution in [3.63, 3.8) is 0 Å². The maximum atomic E-state index is 12.3. The lowest BCUT2D eigenvalue weighted by molar-refractivity contribution is 0.0957. The van der Waals surface area contributed by atoms with Crippen molar-refractivity contribution in [3.8, 4) is 11.4 Å². The van der Waals surface area contributed by atoms with E-state index in [1.54, 1.807) is 17.4 Å². The molecule has 0 saturated heterocycles. The van der Waals surface area contributed by atoms with Gasteiger partial charge in [-0.15, -0.1) is 17.9 Å². The Morgan fingerprint density at radius 3 is 2.77 bits per heavy atom. The summed E-state index contributed by atoms with van der Waals surface area (Å²) in [6.07, 6.45) is 1.68. The average Bonchev–Trinajstić information content (AvgIpc) is 3.01. The van der Waals surface area contributed by atoms with Gasteiger partial charge in [0.1, 0.15) is 0 Å². The Morgan fingerprint density at radius 2 is 2.23 bits per heavy atom. The highest BCUT2D eigenvalue weighted by Gasteiger charge is 2.19. The molecule has 0 atom stereocenters. The molecule has 0 aliphatic rings. The van der Waals surface area contributed by atoms with Crippen molar-refractivity contribution < 1.29 is 4.79 Å². The molecule has 0 spiro atoms. The molecular weight excluding hydrogens is 294 g/mol. The van der Waals surface area contributed by atoms with Crippen molar-refractivity contribution in [2.45, 2.75) is 34.2 Å². The zero-order valence-electron chi connectivity index (χ0n) is 13.6. The minimum atomic E-state index is -0.0619. The summed E-state index contributed by atoms with van der Waals surface area (Å²) in [4.78, 5) is 16.9. The molecular formula is C17H23N3OS. The zero-order chi connectivity index (χ0) is 16.3. The van der Waals surface area contributed by atoms with E-state index in [4.69, 9.17) is 0 Å². The van der Waals surface area contributed by atoms with Crippen LogP contribution in [0.3, 0.4) is 0 Å². The molecule has 2 heterocycles. The average molecular weight is 317 g/mol. The van der Waals surface area contributed by atoms with E-state index in [1.165, 1.54) is 0 Å². The van der Waals surface area contributed by atoms with E-state index in [9.17, 15) is 4.79 Å². The molecule has 22 heavy (non-hydrogen) atoms. The van der Waals surface area contributed by atoms with Crippen LogP contribution in [-0.4, -0.2) is 22.0 Å². The highest BCUT2D eigenvalue weighted by Crippen LogP contribution is 2.28. The van der Waals surface area contributed by atoms with Gasteiger partial charge in [0.2, 0.25) is 0 Å². The summed E-state index contributed by atoms with van der Waals surface area (Å²) in [5, 5.41) is 5.93. The van der Waals surface area contributed by atoms with Gasteiger partial charge >= 0.3 is 0 Å². The van der Waals surface area contributed by atoms with Crippen molar-refractivity contribution in [2.24, 2.45) is 5.92 Å². The van der Waals surface area contributed by atoms with Gasteiger partial charge in [-0.3, -0.25) is 4.79 Å². The number of hydrogen-bond donors (Lipinski definition) is 1. The molecule has 1 amide bonds. The van der Waals surface area contributed by atoms with Crippen molar-refractivity contribution >= 4 is 17.2 Å². The van der Waals surface area contributed by atoms with E-state index in [-0.39, 0.29) is 5.91 Å². The summed E-state index contributed by atoms with van der Waals surface area (Å²) in [7, 11) is 0. The molecule has 0 radical (unpaired) electrons. The van der Waals surface area contributed by atoms with Crippen LogP contribution in [0.5, 0.6) is 0 Å². The lowest BCUT2D eigenvalue weighted by Gasteiger charge is -2.13. The molecule has 5 heteroatoms. The topological polar surface area (TPSA) is 46.9 Å². The number of rotatable bonds is 6. The number of nitrogens with zero attached hydrogens (tertiary/aromatic N) is 2.